The monoisotopic (exact) mass is 453 g/mol. The van der Waals surface area contributed by atoms with Crippen LogP contribution in [0.4, 0.5) is 22.0 Å². The van der Waals surface area contributed by atoms with Crippen molar-refractivity contribution in [3.05, 3.63) is 82.7 Å². The van der Waals surface area contributed by atoms with Crippen molar-refractivity contribution >= 4 is 5.91 Å². The van der Waals surface area contributed by atoms with Crippen molar-refractivity contribution in [2.75, 3.05) is 6.54 Å². The Balaban J connectivity index is 1.50. The molecule has 3 aromatic rings. The van der Waals surface area contributed by atoms with E-state index in [0.717, 1.165) is 12.1 Å². The topological polar surface area (TPSA) is 56.2 Å². The SMILES string of the molecule is Cc1cc(C(F)(F)F)nn1CCCNC(=O)c1cccc(COc2ccc(F)cc2F)c1. The summed E-state index contributed by atoms with van der Waals surface area (Å²) in [5, 5.41) is 6.24. The second-order valence-electron chi connectivity index (χ2n) is 7.07. The average molecular weight is 453 g/mol. The molecule has 1 N–H and O–H groups in total. The van der Waals surface area contributed by atoms with E-state index in [9.17, 15) is 26.7 Å². The summed E-state index contributed by atoms with van der Waals surface area (Å²) in [5.41, 5.74) is 0.390. The fourth-order valence-electron chi connectivity index (χ4n) is 2.96. The molecule has 10 heteroatoms. The van der Waals surface area contributed by atoms with Crippen LogP contribution in [0.3, 0.4) is 0 Å². The van der Waals surface area contributed by atoms with Crippen LogP contribution in [-0.4, -0.2) is 22.2 Å². The third-order valence-corrected chi connectivity index (χ3v) is 4.58. The highest BCUT2D eigenvalue weighted by molar-refractivity contribution is 5.94. The van der Waals surface area contributed by atoms with E-state index < -0.39 is 23.5 Å². The van der Waals surface area contributed by atoms with Gasteiger partial charge in [-0.2, -0.15) is 18.3 Å². The number of carbonyl (C=O) groups is 1. The molecule has 2 aromatic carbocycles. The normalized spacial score (nSPS) is 11.4. The van der Waals surface area contributed by atoms with Gasteiger partial charge in [0, 0.05) is 30.4 Å². The summed E-state index contributed by atoms with van der Waals surface area (Å²) in [4.78, 5) is 12.4. The number of hydrogen-bond acceptors (Lipinski definition) is 3. The van der Waals surface area contributed by atoms with E-state index in [1.54, 1.807) is 24.3 Å². The summed E-state index contributed by atoms with van der Waals surface area (Å²) < 4.78 is 71.3. The molecule has 170 valence electrons. The minimum atomic E-state index is -4.50. The first-order chi connectivity index (χ1) is 15.1. The average Bonchev–Trinajstić information content (AvgIpc) is 3.12. The molecule has 32 heavy (non-hydrogen) atoms. The second-order valence-corrected chi connectivity index (χ2v) is 7.07. The zero-order valence-corrected chi connectivity index (χ0v) is 17.0. The highest BCUT2D eigenvalue weighted by Gasteiger charge is 2.34. The summed E-state index contributed by atoms with van der Waals surface area (Å²) in [6.45, 7) is 1.97. The molecule has 1 amide bonds. The van der Waals surface area contributed by atoms with E-state index in [0.29, 0.717) is 29.3 Å². The van der Waals surface area contributed by atoms with Crippen LogP contribution in [0.1, 0.15) is 33.7 Å². The molecule has 0 spiro atoms. The minimum Gasteiger partial charge on any atom is -0.486 e. The number of halogens is 5. The molecular formula is C22H20F5N3O2. The van der Waals surface area contributed by atoms with Gasteiger partial charge in [-0.25, -0.2) is 8.78 Å². The number of carbonyl (C=O) groups excluding carboxylic acids is 1. The lowest BCUT2D eigenvalue weighted by molar-refractivity contribution is -0.141. The van der Waals surface area contributed by atoms with E-state index in [4.69, 9.17) is 4.74 Å². The van der Waals surface area contributed by atoms with Gasteiger partial charge in [0.2, 0.25) is 0 Å². The molecule has 0 atom stereocenters. The maximum atomic E-state index is 13.6. The van der Waals surface area contributed by atoms with Crippen molar-refractivity contribution in [1.82, 2.24) is 15.1 Å². The lowest BCUT2D eigenvalue weighted by Gasteiger charge is -2.10. The van der Waals surface area contributed by atoms with E-state index in [1.807, 2.05) is 0 Å². The van der Waals surface area contributed by atoms with Gasteiger partial charge in [-0.3, -0.25) is 9.48 Å². The molecule has 0 radical (unpaired) electrons. The van der Waals surface area contributed by atoms with Crippen LogP contribution in [0.5, 0.6) is 5.75 Å². The molecular weight excluding hydrogens is 433 g/mol. The van der Waals surface area contributed by atoms with Crippen LogP contribution < -0.4 is 10.1 Å². The fourth-order valence-corrected chi connectivity index (χ4v) is 2.96. The number of ether oxygens (including phenoxy) is 1. The minimum absolute atomic E-state index is 0.0240. The third-order valence-electron chi connectivity index (χ3n) is 4.58. The van der Waals surface area contributed by atoms with Crippen molar-refractivity contribution in [2.45, 2.75) is 32.7 Å². The number of nitrogens with zero attached hydrogens (tertiary/aromatic N) is 2. The van der Waals surface area contributed by atoms with Gasteiger partial charge in [-0.05, 0) is 49.2 Å². The quantitative estimate of drug-likeness (QED) is 0.391. The van der Waals surface area contributed by atoms with Crippen LogP contribution in [0.15, 0.2) is 48.5 Å². The Morgan fingerprint density at radius 1 is 1.12 bits per heavy atom. The molecule has 1 aromatic heterocycles. The van der Waals surface area contributed by atoms with E-state index in [1.165, 1.54) is 17.7 Å². The largest absolute Gasteiger partial charge is 0.486 e. The molecule has 0 saturated heterocycles. The molecule has 0 fully saturated rings. The standard InChI is InChI=1S/C22H20F5N3O2/c1-14-10-20(22(25,26)27)29-30(14)9-3-8-28-21(31)16-5-2-4-15(11-16)13-32-19-7-6-17(23)12-18(19)24/h2,4-7,10-12H,3,8-9,13H2,1H3,(H,28,31). The molecule has 5 nitrogen and oxygen atoms in total. The first-order valence-electron chi connectivity index (χ1n) is 9.70. The first-order valence-corrected chi connectivity index (χ1v) is 9.70. The summed E-state index contributed by atoms with van der Waals surface area (Å²) in [6.07, 6.45) is -4.11. The van der Waals surface area contributed by atoms with Gasteiger partial charge in [0.15, 0.2) is 17.3 Å². The number of aromatic nitrogens is 2. The van der Waals surface area contributed by atoms with Gasteiger partial charge in [0.1, 0.15) is 12.4 Å². The molecule has 3 rings (SSSR count). The van der Waals surface area contributed by atoms with Gasteiger partial charge in [0.25, 0.3) is 5.91 Å². The van der Waals surface area contributed by atoms with Crippen molar-refractivity contribution in [3.8, 4) is 5.75 Å². The first kappa shape index (κ1) is 23.2. The van der Waals surface area contributed by atoms with Crippen LogP contribution in [-0.2, 0) is 19.3 Å². The van der Waals surface area contributed by atoms with Crippen LogP contribution >= 0.6 is 0 Å². The summed E-state index contributed by atoms with van der Waals surface area (Å²) >= 11 is 0. The number of hydrogen-bond donors (Lipinski definition) is 1. The number of amides is 1. The third kappa shape index (κ3) is 6.05. The predicted molar refractivity (Wildman–Crippen MR) is 106 cm³/mol. The van der Waals surface area contributed by atoms with Crippen LogP contribution in [0, 0.1) is 18.6 Å². The Kier molecular flexibility index (Phi) is 7.12. The highest BCUT2D eigenvalue weighted by Crippen LogP contribution is 2.28. The van der Waals surface area contributed by atoms with E-state index >= 15 is 0 Å². The van der Waals surface area contributed by atoms with Crippen molar-refractivity contribution in [1.29, 1.82) is 0 Å². The fraction of sp³-hybridized carbons (Fsp3) is 0.273. The van der Waals surface area contributed by atoms with Gasteiger partial charge in [-0.1, -0.05) is 12.1 Å². The smallest absolute Gasteiger partial charge is 0.435 e. The van der Waals surface area contributed by atoms with E-state index in [2.05, 4.69) is 10.4 Å². The zero-order valence-electron chi connectivity index (χ0n) is 17.0. The van der Waals surface area contributed by atoms with Crippen molar-refractivity contribution in [3.63, 3.8) is 0 Å². The van der Waals surface area contributed by atoms with Crippen molar-refractivity contribution in [2.24, 2.45) is 0 Å². The van der Waals surface area contributed by atoms with Gasteiger partial charge in [-0.15, -0.1) is 0 Å². The number of benzene rings is 2. The second kappa shape index (κ2) is 9.80. The maximum absolute atomic E-state index is 13.6. The molecule has 0 aliphatic heterocycles. The highest BCUT2D eigenvalue weighted by atomic mass is 19.4. The summed E-state index contributed by atoms with van der Waals surface area (Å²) in [5.74, 6) is -2.01. The molecule has 0 unspecified atom stereocenters. The van der Waals surface area contributed by atoms with Crippen LogP contribution in [0.2, 0.25) is 0 Å². The van der Waals surface area contributed by atoms with Gasteiger partial charge < -0.3 is 10.1 Å². The predicted octanol–water partition coefficient (Wildman–Crippen LogP) is 4.89. The number of rotatable bonds is 8. The number of alkyl halides is 3. The molecule has 0 aliphatic rings. The summed E-state index contributed by atoms with van der Waals surface area (Å²) in [6, 6.07) is 10.4. The van der Waals surface area contributed by atoms with E-state index in [-0.39, 0.29) is 31.4 Å². The number of aryl methyl sites for hydroxylation is 2. The molecule has 0 aliphatic carbocycles. The van der Waals surface area contributed by atoms with Crippen LogP contribution in [0.25, 0.3) is 0 Å². The lowest BCUT2D eigenvalue weighted by atomic mass is 10.1. The Labute approximate surface area is 180 Å². The molecule has 1 heterocycles. The Bertz CT molecular complexity index is 1100. The van der Waals surface area contributed by atoms with Gasteiger partial charge in [0.05, 0.1) is 0 Å². The Morgan fingerprint density at radius 3 is 2.59 bits per heavy atom. The van der Waals surface area contributed by atoms with Crippen molar-refractivity contribution < 1.29 is 31.5 Å². The molecule has 0 bridgehead atoms. The maximum Gasteiger partial charge on any atom is 0.435 e. The zero-order chi connectivity index (χ0) is 23.3. The van der Waals surface area contributed by atoms with Gasteiger partial charge >= 0.3 is 6.18 Å². The Hall–Kier alpha value is -3.43. The Morgan fingerprint density at radius 2 is 1.91 bits per heavy atom. The molecule has 0 saturated carbocycles. The summed E-state index contributed by atoms with van der Waals surface area (Å²) in [7, 11) is 0. The number of nitrogens with one attached hydrogen (secondary N) is 1. The lowest BCUT2D eigenvalue weighted by Crippen LogP contribution is -2.25.